The summed E-state index contributed by atoms with van der Waals surface area (Å²) in [5, 5.41) is 0. The average Bonchev–Trinajstić information content (AvgIpc) is 2.28. The first-order valence-electron chi connectivity index (χ1n) is 4.88. The predicted molar refractivity (Wildman–Crippen MR) is 62.2 cm³/mol. The number of halogens is 1. The number of hydrogen-bond donors (Lipinski definition) is 0. The number of Topliss-reactive ketones (excluding diaryl/α,β-unsaturated/α-hetero) is 1. The Hall–Kier alpha value is -1.35. The van der Waals surface area contributed by atoms with Crippen LogP contribution in [0.4, 0.5) is 0 Å². The number of esters is 1. The van der Waals surface area contributed by atoms with Crippen molar-refractivity contribution in [2.75, 3.05) is 13.0 Å². The number of carbonyl (C=O) groups excluding carboxylic acids is 2. The number of rotatable bonds is 4. The van der Waals surface area contributed by atoms with E-state index in [1.807, 2.05) is 0 Å². The van der Waals surface area contributed by atoms with Crippen molar-refractivity contribution in [3.8, 4) is 0 Å². The summed E-state index contributed by atoms with van der Waals surface area (Å²) in [4.78, 5) is 22.9. The lowest BCUT2D eigenvalue weighted by molar-refractivity contribution is 0.0600. The van der Waals surface area contributed by atoms with E-state index >= 15 is 0 Å². The van der Waals surface area contributed by atoms with Crippen LogP contribution in [0.15, 0.2) is 18.2 Å². The fourth-order valence-corrected chi connectivity index (χ4v) is 1.61. The molecule has 86 valence electrons. The zero-order chi connectivity index (χ0) is 12.1. The topological polar surface area (TPSA) is 43.4 Å². The minimum atomic E-state index is -0.403. The first-order valence-corrected chi connectivity index (χ1v) is 5.41. The van der Waals surface area contributed by atoms with Gasteiger partial charge in [0.15, 0.2) is 5.78 Å². The third-order valence-corrected chi connectivity index (χ3v) is 2.46. The number of carbonyl (C=O) groups is 2. The normalized spacial score (nSPS) is 9.94. The molecule has 16 heavy (non-hydrogen) atoms. The molecule has 0 atom stereocenters. The van der Waals surface area contributed by atoms with E-state index in [0.717, 1.165) is 5.56 Å². The fourth-order valence-electron chi connectivity index (χ4n) is 1.44. The molecule has 0 radical (unpaired) electrons. The van der Waals surface area contributed by atoms with E-state index in [1.54, 1.807) is 25.1 Å². The van der Waals surface area contributed by atoms with E-state index in [-0.39, 0.29) is 5.78 Å². The first-order chi connectivity index (χ1) is 7.60. The Morgan fingerprint density at radius 3 is 2.56 bits per heavy atom. The molecule has 0 aliphatic rings. The Morgan fingerprint density at radius 1 is 1.38 bits per heavy atom. The molecule has 1 rings (SSSR count). The van der Waals surface area contributed by atoms with Crippen LogP contribution in [0, 0.1) is 6.92 Å². The molecule has 0 amide bonds. The van der Waals surface area contributed by atoms with E-state index in [4.69, 9.17) is 11.6 Å². The van der Waals surface area contributed by atoms with Gasteiger partial charge in [0, 0.05) is 17.9 Å². The lowest BCUT2D eigenvalue weighted by atomic mass is 10.0. The van der Waals surface area contributed by atoms with Crippen molar-refractivity contribution in [2.24, 2.45) is 0 Å². The smallest absolute Gasteiger partial charge is 0.337 e. The molecule has 4 heteroatoms. The highest BCUT2D eigenvalue weighted by atomic mass is 35.5. The number of benzene rings is 1. The summed E-state index contributed by atoms with van der Waals surface area (Å²) < 4.78 is 4.59. The van der Waals surface area contributed by atoms with Gasteiger partial charge in [0.1, 0.15) is 0 Å². The van der Waals surface area contributed by atoms with Crippen molar-refractivity contribution in [3.05, 3.63) is 34.9 Å². The average molecular weight is 241 g/mol. The Labute approximate surface area is 99.4 Å². The summed E-state index contributed by atoms with van der Waals surface area (Å²) >= 11 is 5.51. The van der Waals surface area contributed by atoms with Gasteiger partial charge in [-0.15, -0.1) is 11.6 Å². The second-order valence-corrected chi connectivity index (χ2v) is 3.76. The number of alkyl halides is 1. The number of aryl methyl sites for hydroxylation is 1. The molecule has 0 aliphatic carbocycles. The zero-order valence-corrected chi connectivity index (χ0v) is 10.0. The van der Waals surface area contributed by atoms with Crippen LogP contribution in [0.25, 0.3) is 0 Å². The highest BCUT2D eigenvalue weighted by Gasteiger charge is 2.11. The summed E-state index contributed by atoms with van der Waals surface area (Å²) in [7, 11) is 1.32. The van der Waals surface area contributed by atoms with E-state index < -0.39 is 5.97 Å². The van der Waals surface area contributed by atoms with Gasteiger partial charge in [0.2, 0.25) is 0 Å². The molecule has 3 nitrogen and oxygen atoms in total. The highest BCUT2D eigenvalue weighted by molar-refractivity contribution is 6.19. The fraction of sp³-hybridized carbons (Fsp3) is 0.333. The second kappa shape index (κ2) is 5.66. The van der Waals surface area contributed by atoms with E-state index in [9.17, 15) is 9.59 Å². The molecule has 0 aromatic heterocycles. The van der Waals surface area contributed by atoms with Crippen LogP contribution in [0.1, 0.15) is 32.7 Å². The Kier molecular flexibility index (Phi) is 4.50. The Balaban J connectivity index is 3.00. The van der Waals surface area contributed by atoms with Gasteiger partial charge in [-0.1, -0.05) is 6.07 Å². The SMILES string of the molecule is COC(=O)c1ccc(C(=O)CCCl)c(C)c1. The van der Waals surface area contributed by atoms with E-state index in [1.165, 1.54) is 7.11 Å². The van der Waals surface area contributed by atoms with Crippen LogP contribution in [0.5, 0.6) is 0 Å². The molecule has 0 fully saturated rings. The lowest BCUT2D eigenvalue weighted by Gasteiger charge is -2.06. The molecule has 0 spiro atoms. The number of hydrogen-bond acceptors (Lipinski definition) is 3. The molecule has 0 heterocycles. The zero-order valence-electron chi connectivity index (χ0n) is 9.25. The lowest BCUT2D eigenvalue weighted by Crippen LogP contribution is -2.06. The van der Waals surface area contributed by atoms with Crippen LogP contribution in [-0.4, -0.2) is 24.7 Å². The van der Waals surface area contributed by atoms with Gasteiger partial charge in [0.25, 0.3) is 0 Å². The first kappa shape index (κ1) is 12.7. The molecular weight excluding hydrogens is 228 g/mol. The minimum Gasteiger partial charge on any atom is -0.465 e. The summed E-state index contributed by atoms with van der Waals surface area (Å²) in [6, 6.07) is 4.87. The molecule has 0 saturated heterocycles. The minimum absolute atomic E-state index is 0.0103. The second-order valence-electron chi connectivity index (χ2n) is 3.38. The van der Waals surface area contributed by atoms with Crippen molar-refractivity contribution in [1.82, 2.24) is 0 Å². The summed E-state index contributed by atoms with van der Waals surface area (Å²) in [5.74, 6) is -0.111. The Morgan fingerprint density at radius 2 is 2.06 bits per heavy atom. The van der Waals surface area contributed by atoms with Gasteiger partial charge < -0.3 is 4.74 Å². The van der Waals surface area contributed by atoms with Gasteiger partial charge in [-0.05, 0) is 24.6 Å². The van der Waals surface area contributed by atoms with E-state index in [2.05, 4.69) is 4.74 Å². The third kappa shape index (κ3) is 2.83. The quantitative estimate of drug-likeness (QED) is 0.462. The highest BCUT2D eigenvalue weighted by Crippen LogP contribution is 2.14. The standard InChI is InChI=1S/C12H13ClO3/c1-8-7-9(12(15)16-2)3-4-10(8)11(14)5-6-13/h3-4,7H,5-6H2,1-2H3. The van der Waals surface area contributed by atoms with Crippen molar-refractivity contribution < 1.29 is 14.3 Å². The molecule has 1 aromatic rings. The van der Waals surface area contributed by atoms with Crippen LogP contribution in [0.2, 0.25) is 0 Å². The maximum absolute atomic E-state index is 11.6. The van der Waals surface area contributed by atoms with Crippen LogP contribution >= 0.6 is 11.6 Å². The number of methoxy groups -OCH3 is 1. The molecule has 0 N–H and O–H groups in total. The maximum atomic E-state index is 11.6. The van der Waals surface area contributed by atoms with Crippen LogP contribution in [-0.2, 0) is 4.74 Å². The largest absolute Gasteiger partial charge is 0.465 e. The van der Waals surface area contributed by atoms with Crippen molar-refractivity contribution in [2.45, 2.75) is 13.3 Å². The predicted octanol–water partition coefficient (Wildman–Crippen LogP) is 2.59. The van der Waals surface area contributed by atoms with Crippen LogP contribution in [0.3, 0.4) is 0 Å². The monoisotopic (exact) mass is 240 g/mol. The summed E-state index contributed by atoms with van der Waals surface area (Å²) in [5.41, 5.74) is 1.81. The Bertz CT molecular complexity index is 413. The van der Waals surface area contributed by atoms with Crippen molar-refractivity contribution >= 4 is 23.4 Å². The van der Waals surface area contributed by atoms with Gasteiger partial charge in [-0.2, -0.15) is 0 Å². The summed E-state index contributed by atoms with van der Waals surface area (Å²) in [6.07, 6.45) is 0.306. The molecular formula is C12H13ClO3. The van der Waals surface area contributed by atoms with Gasteiger partial charge in [0.05, 0.1) is 12.7 Å². The third-order valence-electron chi connectivity index (χ3n) is 2.27. The molecule has 0 saturated carbocycles. The van der Waals surface area contributed by atoms with Gasteiger partial charge in [-0.3, -0.25) is 4.79 Å². The van der Waals surface area contributed by atoms with Gasteiger partial charge >= 0.3 is 5.97 Å². The number of ether oxygens (including phenoxy) is 1. The van der Waals surface area contributed by atoms with Gasteiger partial charge in [-0.25, -0.2) is 4.79 Å². The van der Waals surface area contributed by atoms with E-state index in [0.29, 0.717) is 23.4 Å². The van der Waals surface area contributed by atoms with Crippen molar-refractivity contribution in [1.29, 1.82) is 0 Å². The number of ketones is 1. The van der Waals surface area contributed by atoms with Crippen LogP contribution < -0.4 is 0 Å². The molecule has 0 unspecified atom stereocenters. The molecule has 0 aliphatic heterocycles. The molecule has 1 aromatic carbocycles. The molecule has 0 bridgehead atoms. The summed E-state index contributed by atoms with van der Waals surface area (Å²) in [6.45, 7) is 1.79. The maximum Gasteiger partial charge on any atom is 0.337 e. The van der Waals surface area contributed by atoms with Crippen molar-refractivity contribution in [3.63, 3.8) is 0 Å².